The van der Waals surface area contributed by atoms with Crippen LogP contribution in [0, 0.1) is 5.82 Å². The SMILES string of the molecule is O=C(N[C@H]1CCC[C@@H](n2c(-c3ncccc3F)nc3cnc(-c4nc[nH]n4)cc32)C1)c1ncc(Cl)s1. The molecule has 0 aromatic carbocycles. The summed E-state index contributed by atoms with van der Waals surface area (Å²) in [6.45, 7) is 0. The van der Waals surface area contributed by atoms with Gasteiger partial charge in [-0.05, 0) is 43.9 Å². The zero-order chi connectivity index (χ0) is 24.6. The standard InChI is InChI=1S/C23H19ClFN9OS/c24-18-10-28-23(36-18)22(35)31-12-3-1-4-13(7-12)34-17-8-15(20-29-11-30-33-20)27-9-16(17)32-21(34)19-14(25)5-2-6-26-19/h2,5-6,8-13H,1,3-4,7H2,(H,31,35)(H,29,30,33)/t12-,13+/m0/s1. The molecule has 0 radical (unpaired) electrons. The Balaban J connectivity index is 1.40. The minimum Gasteiger partial charge on any atom is -0.347 e. The van der Waals surface area contributed by atoms with Crippen LogP contribution >= 0.6 is 22.9 Å². The summed E-state index contributed by atoms with van der Waals surface area (Å²) in [5.74, 6) is 0.157. The first-order valence-corrected chi connectivity index (χ1v) is 12.5. The molecule has 36 heavy (non-hydrogen) atoms. The molecule has 1 aliphatic carbocycles. The molecule has 1 aliphatic rings. The van der Waals surface area contributed by atoms with E-state index in [1.54, 1.807) is 18.5 Å². The Morgan fingerprint density at radius 2 is 2.14 bits per heavy atom. The Kier molecular flexibility index (Phi) is 5.89. The van der Waals surface area contributed by atoms with Gasteiger partial charge >= 0.3 is 0 Å². The minimum atomic E-state index is -0.461. The van der Waals surface area contributed by atoms with Gasteiger partial charge in [-0.2, -0.15) is 5.10 Å². The lowest BCUT2D eigenvalue weighted by molar-refractivity contribution is 0.0920. The number of hydrogen-bond acceptors (Lipinski definition) is 8. The largest absolute Gasteiger partial charge is 0.347 e. The molecule has 6 rings (SSSR count). The Morgan fingerprint density at radius 3 is 2.92 bits per heavy atom. The molecule has 0 bridgehead atoms. The average Bonchev–Trinajstić information content (AvgIpc) is 3.64. The maximum absolute atomic E-state index is 14.9. The number of carbonyl (C=O) groups excluding carboxylic acids is 1. The number of imidazole rings is 1. The zero-order valence-corrected chi connectivity index (χ0v) is 20.3. The third kappa shape index (κ3) is 4.22. The normalized spacial score (nSPS) is 17.9. The molecule has 1 saturated carbocycles. The van der Waals surface area contributed by atoms with Crippen LogP contribution < -0.4 is 5.32 Å². The second kappa shape index (κ2) is 9.36. The number of carbonyl (C=O) groups is 1. The van der Waals surface area contributed by atoms with Crippen molar-refractivity contribution in [3.05, 3.63) is 58.3 Å². The summed E-state index contributed by atoms with van der Waals surface area (Å²) < 4.78 is 17.3. The Bertz CT molecular complexity index is 1550. The van der Waals surface area contributed by atoms with Crippen molar-refractivity contribution in [3.63, 3.8) is 0 Å². The number of amides is 1. The van der Waals surface area contributed by atoms with E-state index < -0.39 is 5.82 Å². The number of hydrogen-bond donors (Lipinski definition) is 2. The quantitative estimate of drug-likeness (QED) is 0.348. The topological polar surface area (TPSA) is 127 Å². The van der Waals surface area contributed by atoms with Gasteiger partial charge in [-0.3, -0.25) is 14.9 Å². The van der Waals surface area contributed by atoms with Gasteiger partial charge in [-0.15, -0.1) is 0 Å². The van der Waals surface area contributed by atoms with Crippen molar-refractivity contribution in [2.75, 3.05) is 0 Å². The molecule has 0 unspecified atom stereocenters. The van der Waals surface area contributed by atoms with Crippen LogP contribution in [0.2, 0.25) is 4.34 Å². The van der Waals surface area contributed by atoms with Crippen LogP contribution in [0.25, 0.3) is 34.1 Å². The third-order valence-electron chi connectivity index (χ3n) is 6.21. The molecular formula is C23H19ClFN9OS. The van der Waals surface area contributed by atoms with E-state index in [1.807, 2.05) is 10.6 Å². The summed E-state index contributed by atoms with van der Waals surface area (Å²) in [6, 6.07) is 4.62. The highest BCUT2D eigenvalue weighted by atomic mass is 35.5. The first-order chi connectivity index (χ1) is 17.6. The number of halogens is 2. The van der Waals surface area contributed by atoms with Crippen LogP contribution in [0.5, 0.6) is 0 Å². The van der Waals surface area contributed by atoms with E-state index in [4.69, 9.17) is 16.6 Å². The highest BCUT2D eigenvalue weighted by molar-refractivity contribution is 7.17. The highest BCUT2D eigenvalue weighted by Crippen LogP contribution is 2.37. The van der Waals surface area contributed by atoms with Crippen molar-refractivity contribution in [1.29, 1.82) is 0 Å². The first-order valence-electron chi connectivity index (χ1n) is 11.3. The molecule has 10 nitrogen and oxygen atoms in total. The number of nitrogens with one attached hydrogen (secondary N) is 2. The summed E-state index contributed by atoms with van der Waals surface area (Å²) >= 11 is 7.09. The number of H-pyrrole nitrogens is 1. The molecule has 5 aromatic rings. The van der Waals surface area contributed by atoms with Gasteiger partial charge in [-0.25, -0.2) is 24.3 Å². The van der Waals surface area contributed by atoms with Gasteiger partial charge in [0.05, 0.1) is 17.9 Å². The monoisotopic (exact) mass is 523 g/mol. The summed E-state index contributed by atoms with van der Waals surface area (Å²) in [4.78, 5) is 34.4. The van der Waals surface area contributed by atoms with Crippen molar-refractivity contribution >= 4 is 39.9 Å². The van der Waals surface area contributed by atoms with Crippen molar-refractivity contribution in [1.82, 2.24) is 45.0 Å². The lowest BCUT2D eigenvalue weighted by Gasteiger charge is -2.31. The Morgan fingerprint density at radius 1 is 1.22 bits per heavy atom. The first kappa shape index (κ1) is 22.7. The lowest BCUT2D eigenvalue weighted by atomic mass is 9.90. The van der Waals surface area contributed by atoms with E-state index in [1.165, 1.54) is 18.6 Å². The molecular weight excluding hydrogens is 505 g/mol. The van der Waals surface area contributed by atoms with E-state index in [9.17, 15) is 9.18 Å². The second-order valence-electron chi connectivity index (χ2n) is 8.48. The van der Waals surface area contributed by atoms with E-state index in [0.29, 0.717) is 38.6 Å². The minimum absolute atomic E-state index is 0.0623. The van der Waals surface area contributed by atoms with Crippen LogP contribution in [0.4, 0.5) is 4.39 Å². The van der Waals surface area contributed by atoms with Gasteiger partial charge in [0, 0.05) is 18.3 Å². The van der Waals surface area contributed by atoms with Gasteiger partial charge in [0.1, 0.15) is 27.6 Å². The lowest BCUT2D eigenvalue weighted by Crippen LogP contribution is -2.39. The maximum Gasteiger partial charge on any atom is 0.280 e. The molecule has 0 saturated heterocycles. The Labute approximate surface area is 213 Å². The summed E-state index contributed by atoms with van der Waals surface area (Å²) in [6.07, 6.45) is 9.30. The molecule has 0 aliphatic heterocycles. The maximum atomic E-state index is 14.9. The van der Waals surface area contributed by atoms with Crippen molar-refractivity contribution in [2.24, 2.45) is 0 Å². The van der Waals surface area contributed by atoms with Crippen LogP contribution in [-0.4, -0.2) is 51.6 Å². The third-order valence-corrected chi connectivity index (χ3v) is 7.32. The molecule has 2 N–H and O–H groups in total. The molecule has 1 fully saturated rings. The van der Waals surface area contributed by atoms with E-state index in [2.05, 4.69) is 35.5 Å². The fourth-order valence-electron chi connectivity index (χ4n) is 4.68. The van der Waals surface area contributed by atoms with E-state index >= 15 is 0 Å². The predicted molar refractivity (Wildman–Crippen MR) is 132 cm³/mol. The number of rotatable bonds is 5. The van der Waals surface area contributed by atoms with Crippen molar-refractivity contribution in [3.8, 4) is 23.0 Å². The number of pyridine rings is 2. The number of fused-ring (bicyclic) bond motifs is 1. The molecule has 182 valence electrons. The van der Waals surface area contributed by atoms with Crippen LogP contribution in [0.3, 0.4) is 0 Å². The predicted octanol–water partition coefficient (Wildman–Crippen LogP) is 4.44. The summed E-state index contributed by atoms with van der Waals surface area (Å²) in [5.41, 5.74) is 2.11. The Hall–Kier alpha value is -3.77. The van der Waals surface area contributed by atoms with Gasteiger partial charge < -0.3 is 9.88 Å². The summed E-state index contributed by atoms with van der Waals surface area (Å²) in [7, 11) is 0. The fourth-order valence-corrected chi connectivity index (χ4v) is 5.49. The van der Waals surface area contributed by atoms with Gasteiger partial charge in [0.2, 0.25) is 0 Å². The van der Waals surface area contributed by atoms with Crippen molar-refractivity contribution < 1.29 is 9.18 Å². The van der Waals surface area contributed by atoms with Gasteiger partial charge in [0.25, 0.3) is 5.91 Å². The van der Waals surface area contributed by atoms with Crippen molar-refractivity contribution in [2.45, 2.75) is 37.8 Å². The molecule has 0 spiro atoms. The zero-order valence-electron chi connectivity index (χ0n) is 18.7. The number of nitrogens with zero attached hydrogens (tertiary/aromatic N) is 7. The highest BCUT2D eigenvalue weighted by Gasteiger charge is 2.30. The number of aromatic nitrogens is 8. The van der Waals surface area contributed by atoms with Crippen LogP contribution in [0.15, 0.2) is 43.1 Å². The molecule has 13 heteroatoms. The molecule has 5 heterocycles. The van der Waals surface area contributed by atoms with Gasteiger partial charge in [0.15, 0.2) is 22.5 Å². The number of thiazole rings is 1. The smallest absolute Gasteiger partial charge is 0.280 e. The summed E-state index contributed by atoms with van der Waals surface area (Å²) in [5, 5.41) is 10.2. The fraction of sp³-hybridized carbons (Fsp3) is 0.261. The number of aromatic amines is 1. The van der Waals surface area contributed by atoms with Crippen LogP contribution in [-0.2, 0) is 0 Å². The molecule has 1 amide bonds. The van der Waals surface area contributed by atoms with Crippen LogP contribution in [0.1, 0.15) is 41.5 Å². The second-order valence-corrected chi connectivity index (χ2v) is 10.1. The molecule has 2 atom stereocenters. The average molecular weight is 524 g/mol. The van der Waals surface area contributed by atoms with E-state index in [0.717, 1.165) is 36.1 Å². The molecule has 5 aromatic heterocycles. The van der Waals surface area contributed by atoms with Gasteiger partial charge in [-0.1, -0.05) is 22.9 Å². The van der Waals surface area contributed by atoms with E-state index in [-0.39, 0.29) is 23.7 Å².